The lowest BCUT2D eigenvalue weighted by atomic mass is 10.1. The molecule has 0 N–H and O–H groups in total. The summed E-state index contributed by atoms with van der Waals surface area (Å²) in [5.41, 5.74) is 0. The molecule has 0 aromatic carbocycles. The van der Waals surface area contributed by atoms with E-state index in [0.717, 1.165) is 25.7 Å². The van der Waals surface area contributed by atoms with E-state index in [0.29, 0.717) is 6.61 Å². The molecule has 2 heteroatoms. The minimum absolute atomic E-state index is 0.175. The Morgan fingerprint density at radius 1 is 1.06 bits per heavy atom. The minimum atomic E-state index is -0.175. The highest BCUT2D eigenvalue weighted by atomic mass is 16.5. The highest BCUT2D eigenvalue weighted by molar-refractivity contribution is 5.65. The highest BCUT2D eigenvalue weighted by Gasteiger charge is 1.92. The third-order valence-electron chi connectivity index (χ3n) is 2.19. The van der Waals surface area contributed by atoms with Crippen LogP contribution in [0.1, 0.15) is 52.4 Å². The van der Waals surface area contributed by atoms with Gasteiger partial charge in [-0.25, -0.2) is 0 Å². The van der Waals surface area contributed by atoms with Gasteiger partial charge < -0.3 is 4.74 Å². The van der Waals surface area contributed by atoms with Crippen molar-refractivity contribution in [1.82, 2.24) is 0 Å². The van der Waals surface area contributed by atoms with Gasteiger partial charge in [-0.1, -0.05) is 44.1 Å². The van der Waals surface area contributed by atoms with E-state index in [2.05, 4.69) is 31.2 Å². The van der Waals surface area contributed by atoms with Gasteiger partial charge in [0.15, 0.2) is 0 Å². The molecule has 0 atom stereocenters. The van der Waals surface area contributed by atoms with Crippen LogP contribution in [0.25, 0.3) is 0 Å². The Morgan fingerprint density at radius 2 is 1.75 bits per heavy atom. The maximum absolute atomic E-state index is 10.5. The van der Waals surface area contributed by atoms with Gasteiger partial charge in [0.25, 0.3) is 0 Å². The Kier molecular flexibility index (Phi) is 11.2. The largest absolute Gasteiger partial charge is 0.466 e. The molecular formula is C14H24O2. The molecule has 0 bridgehead atoms. The molecule has 0 aliphatic heterocycles. The third-order valence-corrected chi connectivity index (χ3v) is 2.19. The summed E-state index contributed by atoms with van der Waals surface area (Å²) in [5, 5.41) is 0. The Hall–Kier alpha value is -1.05. The van der Waals surface area contributed by atoms with Crippen molar-refractivity contribution < 1.29 is 9.53 Å². The summed E-state index contributed by atoms with van der Waals surface area (Å²) in [5.74, 6) is -0.175. The molecule has 0 radical (unpaired) electrons. The maximum atomic E-state index is 10.5. The Labute approximate surface area is 99.4 Å². The van der Waals surface area contributed by atoms with E-state index in [4.69, 9.17) is 4.74 Å². The standard InChI is InChI=1S/C14H24O2/c1-3-4-5-6-7-8-9-10-11-12-13-16-14(2)15/h4-7H,3,8-13H2,1-2H3/b5-4?,7-6-. The van der Waals surface area contributed by atoms with Crippen molar-refractivity contribution in [2.45, 2.75) is 52.4 Å². The van der Waals surface area contributed by atoms with E-state index >= 15 is 0 Å². The second-order valence-corrected chi connectivity index (χ2v) is 3.81. The number of hydrogen-bond acceptors (Lipinski definition) is 2. The second kappa shape index (κ2) is 12.0. The van der Waals surface area contributed by atoms with Gasteiger partial charge in [0, 0.05) is 6.92 Å². The summed E-state index contributed by atoms with van der Waals surface area (Å²) in [4.78, 5) is 10.5. The minimum Gasteiger partial charge on any atom is -0.466 e. The lowest BCUT2D eigenvalue weighted by Crippen LogP contribution is -1.99. The van der Waals surface area contributed by atoms with Crippen LogP contribution in [-0.4, -0.2) is 12.6 Å². The van der Waals surface area contributed by atoms with E-state index in [1.807, 2.05) is 0 Å². The first-order chi connectivity index (χ1) is 7.77. The average molecular weight is 224 g/mol. The number of ether oxygens (including phenoxy) is 1. The molecule has 0 fully saturated rings. The van der Waals surface area contributed by atoms with E-state index in [9.17, 15) is 4.79 Å². The molecule has 0 aromatic rings. The zero-order chi connectivity index (χ0) is 12.1. The fourth-order valence-electron chi connectivity index (χ4n) is 1.32. The van der Waals surface area contributed by atoms with Crippen LogP contribution >= 0.6 is 0 Å². The average Bonchev–Trinajstić information content (AvgIpc) is 2.25. The Morgan fingerprint density at radius 3 is 2.44 bits per heavy atom. The van der Waals surface area contributed by atoms with Gasteiger partial charge in [0.2, 0.25) is 0 Å². The van der Waals surface area contributed by atoms with Crippen molar-refractivity contribution in [3.8, 4) is 0 Å². The summed E-state index contributed by atoms with van der Waals surface area (Å²) in [6.07, 6.45) is 15.4. The zero-order valence-corrected chi connectivity index (χ0v) is 10.6. The van der Waals surface area contributed by atoms with Crippen molar-refractivity contribution in [3.63, 3.8) is 0 Å². The van der Waals surface area contributed by atoms with Gasteiger partial charge in [-0.05, 0) is 25.7 Å². The Bertz CT molecular complexity index is 217. The van der Waals surface area contributed by atoms with Gasteiger partial charge in [-0.2, -0.15) is 0 Å². The van der Waals surface area contributed by atoms with Crippen LogP contribution < -0.4 is 0 Å². The van der Waals surface area contributed by atoms with Gasteiger partial charge >= 0.3 is 5.97 Å². The van der Waals surface area contributed by atoms with Crippen LogP contribution in [0, 0.1) is 0 Å². The summed E-state index contributed by atoms with van der Waals surface area (Å²) < 4.78 is 4.85. The van der Waals surface area contributed by atoms with E-state index < -0.39 is 0 Å². The zero-order valence-electron chi connectivity index (χ0n) is 10.6. The normalized spacial score (nSPS) is 11.4. The molecule has 0 amide bonds. The van der Waals surface area contributed by atoms with Gasteiger partial charge in [0.1, 0.15) is 0 Å². The first-order valence-electron chi connectivity index (χ1n) is 6.22. The number of unbranched alkanes of at least 4 members (excludes halogenated alkanes) is 4. The van der Waals surface area contributed by atoms with E-state index in [-0.39, 0.29) is 5.97 Å². The molecule has 16 heavy (non-hydrogen) atoms. The summed E-state index contributed by atoms with van der Waals surface area (Å²) in [7, 11) is 0. The number of rotatable bonds is 9. The van der Waals surface area contributed by atoms with Crippen LogP contribution in [0.5, 0.6) is 0 Å². The monoisotopic (exact) mass is 224 g/mol. The quantitative estimate of drug-likeness (QED) is 0.336. The second-order valence-electron chi connectivity index (χ2n) is 3.81. The number of allylic oxidation sites excluding steroid dienone is 4. The predicted molar refractivity (Wildman–Crippen MR) is 68.3 cm³/mol. The topological polar surface area (TPSA) is 26.3 Å². The molecule has 2 nitrogen and oxygen atoms in total. The number of esters is 1. The van der Waals surface area contributed by atoms with Crippen molar-refractivity contribution >= 4 is 5.97 Å². The van der Waals surface area contributed by atoms with Crippen molar-refractivity contribution in [1.29, 1.82) is 0 Å². The molecule has 0 saturated carbocycles. The van der Waals surface area contributed by atoms with E-state index in [1.165, 1.54) is 19.8 Å². The summed E-state index contributed by atoms with van der Waals surface area (Å²) in [6.45, 7) is 4.16. The Balaban J connectivity index is 3.12. The highest BCUT2D eigenvalue weighted by Crippen LogP contribution is 2.04. The predicted octanol–water partition coefficient (Wildman–Crippen LogP) is 4.02. The van der Waals surface area contributed by atoms with Crippen molar-refractivity contribution in [2.24, 2.45) is 0 Å². The van der Waals surface area contributed by atoms with Crippen LogP contribution in [-0.2, 0) is 9.53 Å². The molecular weight excluding hydrogens is 200 g/mol. The lowest BCUT2D eigenvalue weighted by molar-refractivity contribution is -0.141. The first-order valence-corrected chi connectivity index (χ1v) is 6.22. The molecule has 0 rings (SSSR count). The fraction of sp³-hybridized carbons (Fsp3) is 0.643. The molecule has 92 valence electrons. The number of hydrogen-bond donors (Lipinski definition) is 0. The van der Waals surface area contributed by atoms with Gasteiger partial charge in [-0.3, -0.25) is 4.79 Å². The SMILES string of the molecule is CCC=C/C=C\CCCCCCOC(C)=O. The molecule has 0 saturated heterocycles. The molecule has 0 heterocycles. The molecule has 0 aliphatic rings. The third kappa shape index (κ3) is 12.9. The van der Waals surface area contributed by atoms with Crippen LogP contribution in [0.15, 0.2) is 24.3 Å². The number of carbonyl (C=O) groups is 1. The molecule has 0 spiro atoms. The first kappa shape index (κ1) is 14.9. The van der Waals surface area contributed by atoms with Crippen LogP contribution in [0.4, 0.5) is 0 Å². The summed E-state index contributed by atoms with van der Waals surface area (Å²) in [6, 6.07) is 0. The number of carbonyl (C=O) groups excluding carboxylic acids is 1. The van der Waals surface area contributed by atoms with Crippen LogP contribution in [0.3, 0.4) is 0 Å². The smallest absolute Gasteiger partial charge is 0.302 e. The molecule has 0 aromatic heterocycles. The fourth-order valence-corrected chi connectivity index (χ4v) is 1.32. The van der Waals surface area contributed by atoms with Crippen molar-refractivity contribution in [2.75, 3.05) is 6.61 Å². The van der Waals surface area contributed by atoms with Gasteiger partial charge in [-0.15, -0.1) is 0 Å². The van der Waals surface area contributed by atoms with Crippen LogP contribution in [0.2, 0.25) is 0 Å². The van der Waals surface area contributed by atoms with E-state index in [1.54, 1.807) is 0 Å². The van der Waals surface area contributed by atoms with Gasteiger partial charge in [0.05, 0.1) is 6.61 Å². The lowest BCUT2D eigenvalue weighted by Gasteiger charge is -2.00. The summed E-state index contributed by atoms with van der Waals surface area (Å²) >= 11 is 0. The van der Waals surface area contributed by atoms with Crippen molar-refractivity contribution in [3.05, 3.63) is 24.3 Å². The molecule has 0 unspecified atom stereocenters. The maximum Gasteiger partial charge on any atom is 0.302 e. The molecule has 0 aliphatic carbocycles.